The molecule has 0 amide bonds. The minimum Gasteiger partial charge on any atom is -0.481 e. The van der Waals surface area contributed by atoms with Gasteiger partial charge in [-0.2, -0.15) is 0 Å². The highest BCUT2D eigenvalue weighted by Crippen LogP contribution is 2.35. The molecule has 0 saturated heterocycles. The van der Waals surface area contributed by atoms with E-state index in [4.69, 9.17) is 16.7 Å². The SMILES string of the molecule is CC=Cn1c(C2CCCC2)cc2cc(Cl)ccc2c1=O.CCCC(=O)O. The number of nitrogens with zero attached hydrogens (tertiary/aromatic N) is 1. The molecule has 1 saturated carbocycles. The smallest absolute Gasteiger partial charge is 0.303 e. The predicted molar refractivity (Wildman–Crippen MR) is 108 cm³/mol. The Morgan fingerprint density at radius 1 is 1.31 bits per heavy atom. The Morgan fingerprint density at radius 3 is 2.54 bits per heavy atom. The number of carboxylic acids is 1. The van der Waals surface area contributed by atoms with Gasteiger partial charge in [0.1, 0.15) is 0 Å². The van der Waals surface area contributed by atoms with E-state index in [-0.39, 0.29) is 5.56 Å². The van der Waals surface area contributed by atoms with Gasteiger partial charge in [0.15, 0.2) is 0 Å². The Labute approximate surface area is 159 Å². The summed E-state index contributed by atoms with van der Waals surface area (Å²) >= 11 is 6.06. The van der Waals surface area contributed by atoms with Crippen LogP contribution in [0.15, 0.2) is 35.1 Å². The van der Waals surface area contributed by atoms with E-state index in [9.17, 15) is 9.59 Å². The number of hydrogen-bond acceptors (Lipinski definition) is 2. The van der Waals surface area contributed by atoms with Crippen molar-refractivity contribution in [1.29, 1.82) is 0 Å². The van der Waals surface area contributed by atoms with E-state index < -0.39 is 5.97 Å². The summed E-state index contributed by atoms with van der Waals surface area (Å²) in [5, 5.41) is 10.3. The molecule has 0 radical (unpaired) electrons. The van der Waals surface area contributed by atoms with Gasteiger partial charge in [-0.1, -0.05) is 37.4 Å². The number of benzene rings is 1. The molecule has 1 aliphatic rings. The van der Waals surface area contributed by atoms with Gasteiger partial charge in [0, 0.05) is 28.7 Å². The van der Waals surface area contributed by atoms with Gasteiger partial charge in [0.05, 0.1) is 0 Å². The average Bonchev–Trinajstić information content (AvgIpc) is 3.12. The average molecular weight is 376 g/mol. The van der Waals surface area contributed by atoms with Gasteiger partial charge in [0.25, 0.3) is 5.56 Å². The highest BCUT2D eigenvalue weighted by atomic mass is 35.5. The Kier molecular flexibility index (Phi) is 7.46. The molecule has 1 heterocycles. The molecule has 1 fully saturated rings. The molecule has 0 aliphatic heterocycles. The number of hydrogen-bond donors (Lipinski definition) is 1. The molecule has 1 aromatic heterocycles. The number of pyridine rings is 1. The summed E-state index contributed by atoms with van der Waals surface area (Å²) in [4.78, 5) is 22.3. The Bertz CT molecular complexity index is 848. The fraction of sp³-hybridized carbons (Fsp3) is 0.429. The van der Waals surface area contributed by atoms with Gasteiger partial charge in [-0.3, -0.25) is 14.2 Å². The number of carbonyl (C=O) groups is 1. The van der Waals surface area contributed by atoms with Crippen LogP contribution in [0.1, 0.15) is 64.0 Å². The van der Waals surface area contributed by atoms with Crippen molar-refractivity contribution in [1.82, 2.24) is 4.57 Å². The number of rotatable bonds is 4. The third-order valence-corrected chi connectivity index (χ3v) is 4.81. The minimum absolute atomic E-state index is 0.0548. The van der Waals surface area contributed by atoms with Gasteiger partial charge >= 0.3 is 5.97 Å². The highest BCUT2D eigenvalue weighted by molar-refractivity contribution is 6.31. The minimum atomic E-state index is -0.711. The van der Waals surface area contributed by atoms with Crippen LogP contribution in [-0.2, 0) is 4.79 Å². The standard InChI is InChI=1S/C17H18ClNO.C4H8O2/c1-2-9-19-16(12-5-3-4-6-12)11-13-10-14(18)7-8-15(13)17(19)20;1-2-3-4(5)6/h2,7-12H,3-6H2,1H3;2-3H2,1H3,(H,5,6). The maximum Gasteiger partial charge on any atom is 0.303 e. The van der Waals surface area contributed by atoms with Crippen molar-refractivity contribution in [3.05, 3.63) is 51.4 Å². The summed E-state index contributed by atoms with van der Waals surface area (Å²) in [5.74, 6) is -0.222. The first kappa shape index (κ1) is 20.2. The van der Waals surface area contributed by atoms with Gasteiger partial charge in [0.2, 0.25) is 0 Å². The molecule has 0 bridgehead atoms. The molecule has 140 valence electrons. The van der Waals surface area contributed by atoms with Crippen molar-refractivity contribution >= 4 is 34.5 Å². The molecule has 3 rings (SSSR count). The van der Waals surface area contributed by atoms with Crippen LogP contribution in [0.25, 0.3) is 17.0 Å². The number of allylic oxidation sites excluding steroid dienone is 1. The molecule has 1 aromatic carbocycles. The zero-order valence-corrected chi connectivity index (χ0v) is 16.1. The molecule has 0 unspecified atom stereocenters. The van der Waals surface area contributed by atoms with E-state index >= 15 is 0 Å². The first-order chi connectivity index (χ1) is 12.5. The second-order valence-electron chi connectivity index (χ2n) is 6.58. The second kappa shape index (κ2) is 9.58. The highest BCUT2D eigenvalue weighted by Gasteiger charge is 2.21. The van der Waals surface area contributed by atoms with Crippen LogP contribution in [0.5, 0.6) is 0 Å². The molecule has 26 heavy (non-hydrogen) atoms. The summed E-state index contributed by atoms with van der Waals surface area (Å²) in [6.45, 7) is 3.78. The summed E-state index contributed by atoms with van der Waals surface area (Å²) in [6.07, 6.45) is 9.66. The lowest BCUT2D eigenvalue weighted by Crippen LogP contribution is -2.20. The zero-order valence-electron chi connectivity index (χ0n) is 15.4. The van der Waals surface area contributed by atoms with Gasteiger partial charge in [-0.15, -0.1) is 0 Å². The number of carboxylic acid groups (broad SMARTS) is 1. The zero-order chi connectivity index (χ0) is 19.1. The van der Waals surface area contributed by atoms with E-state index in [1.54, 1.807) is 6.07 Å². The first-order valence-electron chi connectivity index (χ1n) is 9.17. The van der Waals surface area contributed by atoms with Gasteiger partial charge in [-0.25, -0.2) is 0 Å². The fourth-order valence-electron chi connectivity index (χ4n) is 3.38. The lowest BCUT2D eigenvalue weighted by Gasteiger charge is -2.16. The topological polar surface area (TPSA) is 59.3 Å². The molecular formula is C21H26ClNO3. The predicted octanol–water partition coefficient (Wildman–Crippen LogP) is 5.67. The lowest BCUT2D eigenvalue weighted by molar-refractivity contribution is -0.137. The molecule has 0 atom stereocenters. The van der Waals surface area contributed by atoms with E-state index in [0.29, 0.717) is 17.4 Å². The molecule has 5 heteroatoms. The number of aromatic nitrogens is 1. The van der Waals surface area contributed by atoms with Crippen molar-refractivity contribution < 1.29 is 9.90 Å². The van der Waals surface area contributed by atoms with E-state index in [1.165, 1.54) is 25.7 Å². The summed E-state index contributed by atoms with van der Waals surface area (Å²) < 4.78 is 1.81. The first-order valence-corrected chi connectivity index (χ1v) is 9.55. The largest absolute Gasteiger partial charge is 0.481 e. The van der Waals surface area contributed by atoms with Crippen LogP contribution in [0.2, 0.25) is 5.02 Å². The van der Waals surface area contributed by atoms with Crippen molar-refractivity contribution in [3.63, 3.8) is 0 Å². The maximum absolute atomic E-state index is 12.7. The number of aliphatic carboxylic acids is 1. The normalized spacial score (nSPS) is 14.6. The van der Waals surface area contributed by atoms with Crippen LogP contribution in [-0.4, -0.2) is 15.6 Å². The number of fused-ring (bicyclic) bond motifs is 1. The van der Waals surface area contributed by atoms with Crippen molar-refractivity contribution in [2.24, 2.45) is 0 Å². The molecular weight excluding hydrogens is 350 g/mol. The molecule has 1 N–H and O–H groups in total. The van der Waals surface area contributed by atoms with Gasteiger partial charge < -0.3 is 5.11 Å². The van der Waals surface area contributed by atoms with Crippen LogP contribution >= 0.6 is 11.6 Å². The number of halogens is 1. The Balaban J connectivity index is 0.000000352. The second-order valence-corrected chi connectivity index (χ2v) is 7.02. The van der Waals surface area contributed by atoms with Crippen LogP contribution < -0.4 is 5.56 Å². The van der Waals surface area contributed by atoms with Crippen LogP contribution in [0, 0.1) is 0 Å². The third kappa shape index (κ3) is 4.98. The maximum atomic E-state index is 12.7. The van der Waals surface area contributed by atoms with Gasteiger partial charge in [-0.05, 0) is 61.8 Å². The quantitative estimate of drug-likeness (QED) is 0.748. The van der Waals surface area contributed by atoms with Crippen molar-refractivity contribution in [3.8, 4) is 0 Å². The Morgan fingerprint density at radius 2 is 2.00 bits per heavy atom. The van der Waals surface area contributed by atoms with E-state index in [1.807, 2.05) is 42.8 Å². The van der Waals surface area contributed by atoms with Crippen molar-refractivity contribution in [2.75, 3.05) is 0 Å². The van der Waals surface area contributed by atoms with Crippen LogP contribution in [0.3, 0.4) is 0 Å². The molecule has 4 nitrogen and oxygen atoms in total. The Hall–Kier alpha value is -2.07. The molecule has 2 aromatic rings. The summed E-state index contributed by atoms with van der Waals surface area (Å²) in [6, 6.07) is 7.62. The van der Waals surface area contributed by atoms with Crippen molar-refractivity contribution in [2.45, 2.75) is 58.3 Å². The third-order valence-electron chi connectivity index (χ3n) is 4.58. The monoisotopic (exact) mass is 375 g/mol. The summed E-state index contributed by atoms with van der Waals surface area (Å²) in [5.41, 5.74) is 1.18. The molecule has 1 aliphatic carbocycles. The van der Waals surface area contributed by atoms with Crippen LogP contribution in [0.4, 0.5) is 0 Å². The molecule has 0 spiro atoms. The lowest BCUT2D eigenvalue weighted by atomic mass is 10.00. The fourth-order valence-corrected chi connectivity index (χ4v) is 3.56. The summed E-state index contributed by atoms with van der Waals surface area (Å²) in [7, 11) is 0. The van der Waals surface area contributed by atoms with E-state index in [0.717, 1.165) is 22.9 Å². The van der Waals surface area contributed by atoms with E-state index in [2.05, 4.69) is 6.07 Å².